The van der Waals surface area contributed by atoms with Crippen molar-refractivity contribution in [2.45, 2.75) is 11.5 Å². The van der Waals surface area contributed by atoms with Gasteiger partial charge < -0.3 is 9.67 Å². The van der Waals surface area contributed by atoms with Crippen LogP contribution in [-0.2, 0) is 23.5 Å². The highest BCUT2D eigenvalue weighted by molar-refractivity contribution is 7.90. The summed E-state index contributed by atoms with van der Waals surface area (Å²) >= 11 is 0. The number of hydrogen-bond donors (Lipinski definition) is 1. The number of rotatable bonds is 4. The third-order valence-electron chi connectivity index (χ3n) is 4.00. The van der Waals surface area contributed by atoms with Crippen LogP contribution in [-0.4, -0.2) is 29.3 Å². The second-order valence-corrected chi connectivity index (χ2v) is 7.76. The number of sulfone groups is 1. The standard InChI is InChI=1S/C18H17FN2O3S/c1-21-16(11-22)20-17(12-3-7-14(19)8-4-12)18(21)13-5-9-15(10-6-13)25(2,23)24/h3-10,22H,11H2,1-2H3. The van der Waals surface area contributed by atoms with Gasteiger partial charge in [-0.05, 0) is 36.4 Å². The summed E-state index contributed by atoms with van der Waals surface area (Å²) in [5, 5.41) is 9.52. The van der Waals surface area contributed by atoms with Crippen LogP contribution in [0.3, 0.4) is 0 Å². The molecule has 0 aliphatic carbocycles. The van der Waals surface area contributed by atoms with E-state index in [-0.39, 0.29) is 17.3 Å². The van der Waals surface area contributed by atoms with Gasteiger partial charge in [-0.1, -0.05) is 12.1 Å². The van der Waals surface area contributed by atoms with Gasteiger partial charge in [0.15, 0.2) is 9.84 Å². The first kappa shape index (κ1) is 17.3. The second-order valence-electron chi connectivity index (χ2n) is 5.75. The van der Waals surface area contributed by atoms with Crippen LogP contribution in [0.1, 0.15) is 5.82 Å². The molecule has 5 nitrogen and oxygen atoms in total. The first-order chi connectivity index (χ1) is 11.8. The molecule has 0 spiro atoms. The third kappa shape index (κ3) is 3.33. The third-order valence-corrected chi connectivity index (χ3v) is 5.13. The zero-order valence-electron chi connectivity index (χ0n) is 13.8. The molecule has 0 saturated carbocycles. The molecule has 0 aliphatic rings. The molecule has 0 radical (unpaired) electrons. The second kappa shape index (κ2) is 6.42. The van der Waals surface area contributed by atoms with Gasteiger partial charge in [-0.25, -0.2) is 17.8 Å². The van der Waals surface area contributed by atoms with Crippen LogP contribution in [0, 0.1) is 5.82 Å². The van der Waals surface area contributed by atoms with Gasteiger partial charge in [-0.15, -0.1) is 0 Å². The summed E-state index contributed by atoms with van der Waals surface area (Å²) in [6.07, 6.45) is 1.15. The molecule has 0 fully saturated rings. The Morgan fingerprint density at radius 2 is 1.60 bits per heavy atom. The molecule has 0 saturated heterocycles. The summed E-state index contributed by atoms with van der Waals surface area (Å²) in [6.45, 7) is -0.244. The Morgan fingerprint density at radius 1 is 1.04 bits per heavy atom. The lowest BCUT2D eigenvalue weighted by molar-refractivity contribution is 0.267. The van der Waals surface area contributed by atoms with E-state index in [9.17, 15) is 17.9 Å². The highest BCUT2D eigenvalue weighted by Crippen LogP contribution is 2.33. The fourth-order valence-corrected chi connectivity index (χ4v) is 3.32. The number of hydrogen-bond acceptors (Lipinski definition) is 4. The maximum atomic E-state index is 13.2. The summed E-state index contributed by atoms with van der Waals surface area (Å²) < 4.78 is 38.2. The predicted molar refractivity (Wildman–Crippen MR) is 93.1 cm³/mol. The van der Waals surface area contributed by atoms with Crippen LogP contribution in [0.4, 0.5) is 4.39 Å². The topological polar surface area (TPSA) is 72.2 Å². The van der Waals surface area contributed by atoms with E-state index in [0.717, 1.165) is 17.5 Å². The Hall–Kier alpha value is -2.51. The van der Waals surface area contributed by atoms with Crippen LogP contribution in [0.15, 0.2) is 53.4 Å². The maximum absolute atomic E-state index is 13.2. The van der Waals surface area contributed by atoms with Crippen LogP contribution < -0.4 is 0 Å². The van der Waals surface area contributed by atoms with Gasteiger partial charge in [-0.3, -0.25) is 0 Å². The van der Waals surface area contributed by atoms with E-state index < -0.39 is 9.84 Å². The van der Waals surface area contributed by atoms with Crippen molar-refractivity contribution in [1.29, 1.82) is 0 Å². The molecular weight excluding hydrogens is 343 g/mol. The molecule has 3 rings (SSSR count). The lowest BCUT2D eigenvalue weighted by atomic mass is 10.0. The van der Waals surface area contributed by atoms with Crippen molar-refractivity contribution in [3.63, 3.8) is 0 Å². The zero-order chi connectivity index (χ0) is 18.2. The first-order valence-electron chi connectivity index (χ1n) is 7.54. The molecule has 2 aromatic carbocycles. The van der Waals surface area contributed by atoms with Crippen LogP contribution >= 0.6 is 0 Å². The minimum absolute atomic E-state index is 0.226. The highest BCUT2D eigenvalue weighted by atomic mass is 32.2. The van der Waals surface area contributed by atoms with Crippen molar-refractivity contribution in [2.24, 2.45) is 7.05 Å². The number of halogens is 1. The molecule has 1 heterocycles. The van der Waals surface area contributed by atoms with Crippen LogP contribution in [0.5, 0.6) is 0 Å². The van der Waals surface area contributed by atoms with Crippen LogP contribution in [0.2, 0.25) is 0 Å². The van der Waals surface area contributed by atoms with E-state index >= 15 is 0 Å². The van der Waals surface area contributed by atoms with Gasteiger partial charge >= 0.3 is 0 Å². The van der Waals surface area contributed by atoms with Gasteiger partial charge in [0, 0.05) is 24.4 Å². The van der Waals surface area contributed by atoms with Crippen molar-refractivity contribution >= 4 is 9.84 Å². The molecule has 1 N–H and O–H groups in total. The summed E-state index contributed by atoms with van der Waals surface area (Å²) in [5.41, 5.74) is 2.77. The predicted octanol–water partition coefficient (Wildman–Crippen LogP) is 2.79. The van der Waals surface area contributed by atoms with Gasteiger partial charge in [-0.2, -0.15) is 0 Å². The molecule has 130 valence electrons. The Bertz CT molecular complexity index is 1010. The number of imidazole rings is 1. The summed E-state index contributed by atoms with van der Waals surface area (Å²) in [7, 11) is -1.51. The first-order valence-corrected chi connectivity index (χ1v) is 9.43. The minimum Gasteiger partial charge on any atom is -0.388 e. The van der Waals surface area contributed by atoms with Crippen molar-refractivity contribution in [3.8, 4) is 22.5 Å². The molecule has 1 aromatic heterocycles. The van der Waals surface area contributed by atoms with Gasteiger partial charge in [0.05, 0.1) is 16.3 Å². The Labute approximate surface area is 145 Å². The molecule has 0 unspecified atom stereocenters. The van der Waals surface area contributed by atoms with Gasteiger partial charge in [0.1, 0.15) is 18.2 Å². The number of benzene rings is 2. The summed E-state index contributed by atoms with van der Waals surface area (Å²) in [5.74, 6) is 0.114. The normalized spacial score (nSPS) is 11.7. The molecule has 3 aromatic rings. The molecular formula is C18H17FN2O3S. The Morgan fingerprint density at radius 3 is 2.12 bits per heavy atom. The van der Waals surface area contributed by atoms with Crippen molar-refractivity contribution in [1.82, 2.24) is 9.55 Å². The molecule has 7 heteroatoms. The number of aliphatic hydroxyl groups excluding tert-OH is 1. The minimum atomic E-state index is -3.28. The fourth-order valence-electron chi connectivity index (χ4n) is 2.69. The quantitative estimate of drug-likeness (QED) is 0.777. The van der Waals surface area contributed by atoms with Crippen molar-refractivity contribution in [2.75, 3.05) is 6.26 Å². The van der Waals surface area contributed by atoms with Gasteiger partial charge in [0.25, 0.3) is 0 Å². The van der Waals surface area contributed by atoms with E-state index in [4.69, 9.17) is 0 Å². The molecule has 0 amide bonds. The zero-order valence-corrected chi connectivity index (χ0v) is 14.6. The Kier molecular flexibility index (Phi) is 4.45. The average Bonchev–Trinajstić information content (AvgIpc) is 2.91. The summed E-state index contributed by atoms with van der Waals surface area (Å²) in [4.78, 5) is 4.67. The highest BCUT2D eigenvalue weighted by Gasteiger charge is 2.18. The lowest BCUT2D eigenvalue weighted by Crippen LogP contribution is -2.00. The number of nitrogens with zero attached hydrogens (tertiary/aromatic N) is 2. The number of aliphatic hydroxyl groups is 1. The smallest absolute Gasteiger partial charge is 0.175 e. The molecule has 0 atom stereocenters. The van der Waals surface area contributed by atoms with Gasteiger partial charge in [0.2, 0.25) is 0 Å². The molecule has 25 heavy (non-hydrogen) atoms. The maximum Gasteiger partial charge on any atom is 0.175 e. The molecule has 0 aliphatic heterocycles. The monoisotopic (exact) mass is 360 g/mol. The lowest BCUT2D eigenvalue weighted by Gasteiger charge is -2.08. The van der Waals surface area contributed by atoms with E-state index in [0.29, 0.717) is 17.1 Å². The van der Waals surface area contributed by atoms with Crippen LogP contribution in [0.25, 0.3) is 22.5 Å². The van der Waals surface area contributed by atoms with E-state index in [1.807, 2.05) is 0 Å². The van der Waals surface area contributed by atoms with E-state index in [2.05, 4.69) is 4.98 Å². The SMILES string of the molecule is Cn1c(CO)nc(-c2ccc(F)cc2)c1-c1ccc(S(C)(=O)=O)cc1. The van der Waals surface area contributed by atoms with E-state index in [1.165, 1.54) is 24.3 Å². The summed E-state index contributed by atoms with van der Waals surface area (Å²) in [6, 6.07) is 12.4. The number of aromatic nitrogens is 2. The largest absolute Gasteiger partial charge is 0.388 e. The Balaban J connectivity index is 2.18. The molecule has 0 bridgehead atoms. The van der Waals surface area contributed by atoms with Crippen molar-refractivity contribution < 1.29 is 17.9 Å². The average molecular weight is 360 g/mol. The van der Waals surface area contributed by atoms with Crippen molar-refractivity contribution in [3.05, 3.63) is 60.2 Å². The van der Waals surface area contributed by atoms with E-state index in [1.54, 1.807) is 35.9 Å². The fraction of sp³-hybridized carbons (Fsp3) is 0.167.